The van der Waals surface area contributed by atoms with Crippen LogP contribution in [0.15, 0.2) is 21.5 Å². The topological polar surface area (TPSA) is 43.1 Å². The van der Waals surface area contributed by atoms with Crippen LogP contribution in [-0.2, 0) is 0 Å². The van der Waals surface area contributed by atoms with E-state index in [0.29, 0.717) is 9.37 Å². The van der Waals surface area contributed by atoms with Crippen molar-refractivity contribution in [2.75, 3.05) is 0 Å². The van der Waals surface area contributed by atoms with Gasteiger partial charge in [0.2, 0.25) is 0 Å². The van der Waals surface area contributed by atoms with Crippen molar-refractivity contribution in [1.29, 1.82) is 0 Å². The zero-order valence-corrected chi connectivity index (χ0v) is 8.72. The Balaban J connectivity index is 3.37. The minimum absolute atomic E-state index is 0.0326. The molecule has 0 amide bonds. The summed E-state index contributed by atoms with van der Waals surface area (Å²) >= 11 is 7.21. The van der Waals surface area contributed by atoms with Crippen LogP contribution in [0, 0.1) is 17.0 Å². The van der Waals surface area contributed by atoms with E-state index < -0.39 is 4.92 Å². The van der Waals surface area contributed by atoms with E-state index in [-0.39, 0.29) is 5.69 Å². The van der Waals surface area contributed by atoms with E-state index in [9.17, 15) is 10.1 Å². The van der Waals surface area contributed by atoms with Gasteiger partial charge >= 0.3 is 0 Å². The number of nitrogens with zero attached hydrogens (tertiary/aromatic N) is 1. The van der Waals surface area contributed by atoms with Crippen LogP contribution < -0.4 is 0 Å². The highest BCUT2D eigenvalue weighted by Gasteiger charge is 2.13. The van der Waals surface area contributed by atoms with Crippen LogP contribution in [0.1, 0.15) is 5.56 Å². The van der Waals surface area contributed by atoms with E-state index in [1.54, 1.807) is 13.0 Å². The van der Waals surface area contributed by atoms with Crippen molar-refractivity contribution in [2.45, 2.75) is 11.8 Å². The third-order valence-electron chi connectivity index (χ3n) is 1.44. The standard InChI is InChI=1S/C7H6BrNO2S/c1-4-2-5(8)3-6(7(4)12)9(10)11/h2-3,12H,1H3. The fourth-order valence-electron chi connectivity index (χ4n) is 0.857. The number of aryl methyl sites for hydroxylation is 1. The summed E-state index contributed by atoms with van der Waals surface area (Å²) in [5, 5.41) is 10.5. The number of thiol groups is 1. The normalized spacial score (nSPS) is 9.92. The average Bonchev–Trinajstić information content (AvgIpc) is 1.96. The van der Waals surface area contributed by atoms with Gasteiger partial charge in [0.05, 0.1) is 9.82 Å². The molecule has 0 aliphatic rings. The monoisotopic (exact) mass is 247 g/mol. The lowest BCUT2D eigenvalue weighted by atomic mass is 10.2. The molecule has 0 saturated heterocycles. The van der Waals surface area contributed by atoms with Gasteiger partial charge in [-0.15, -0.1) is 12.6 Å². The van der Waals surface area contributed by atoms with Crippen molar-refractivity contribution >= 4 is 34.2 Å². The largest absolute Gasteiger partial charge is 0.284 e. The Morgan fingerprint density at radius 2 is 2.17 bits per heavy atom. The Kier molecular flexibility index (Phi) is 2.74. The fourth-order valence-corrected chi connectivity index (χ4v) is 1.63. The first-order valence-corrected chi connectivity index (χ1v) is 4.40. The van der Waals surface area contributed by atoms with Crippen molar-refractivity contribution in [1.82, 2.24) is 0 Å². The molecule has 0 atom stereocenters. The van der Waals surface area contributed by atoms with Gasteiger partial charge in [-0.25, -0.2) is 0 Å². The van der Waals surface area contributed by atoms with Gasteiger partial charge in [0.15, 0.2) is 0 Å². The number of hydrogen-bond donors (Lipinski definition) is 1. The van der Waals surface area contributed by atoms with Crippen molar-refractivity contribution in [3.8, 4) is 0 Å². The third-order valence-corrected chi connectivity index (χ3v) is 2.48. The highest BCUT2D eigenvalue weighted by Crippen LogP contribution is 2.29. The fraction of sp³-hybridized carbons (Fsp3) is 0.143. The quantitative estimate of drug-likeness (QED) is 0.471. The van der Waals surface area contributed by atoms with Crippen molar-refractivity contribution in [3.63, 3.8) is 0 Å². The minimum atomic E-state index is -0.444. The predicted octanol–water partition coefficient (Wildman–Crippen LogP) is 2.95. The molecular formula is C7H6BrNO2S. The molecule has 5 heteroatoms. The van der Waals surface area contributed by atoms with Crippen LogP contribution in [0.5, 0.6) is 0 Å². The molecule has 12 heavy (non-hydrogen) atoms. The highest BCUT2D eigenvalue weighted by atomic mass is 79.9. The molecule has 0 aromatic heterocycles. The maximum Gasteiger partial charge on any atom is 0.284 e. The van der Waals surface area contributed by atoms with Crippen molar-refractivity contribution in [3.05, 3.63) is 32.3 Å². The first kappa shape index (κ1) is 9.54. The molecule has 0 aliphatic carbocycles. The van der Waals surface area contributed by atoms with Crippen molar-refractivity contribution in [2.24, 2.45) is 0 Å². The van der Waals surface area contributed by atoms with Crippen molar-refractivity contribution < 1.29 is 4.92 Å². The Morgan fingerprint density at radius 3 is 2.67 bits per heavy atom. The molecule has 0 N–H and O–H groups in total. The second-order valence-electron chi connectivity index (χ2n) is 2.35. The highest BCUT2D eigenvalue weighted by molar-refractivity contribution is 9.10. The van der Waals surface area contributed by atoms with Crippen LogP contribution >= 0.6 is 28.6 Å². The van der Waals surface area contributed by atoms with Crippen LogP contribution in [0.2, 0.25) is 0 Å². The summed E-state index contributed by atoms with van der Waals surface area (Å²) in [6.07, 6.45) is 0. The molecule has 0 radical (unpaired) electrons. The summed E-state index contributed by atoms with van der Waals surface area (Å²) in [4.78, 5) is 10.4. The summed E-state index contributed by atoms with van der Waals surface area (Å²) in [6, 6.07) is 3.23. The summed E-state index contributed by atoms with van der Waals surface area (Å²) in [5.74, 6) is 0. The van der Waals surface area contributed by atoms with Gasteiger partial charge in [-0.2, -0.15) is 0 Å². The molecule has 1 rings (SSSR count). The van der Waals surface area contributed by atoms with Crippen LogP contribution in [0.4, 0.5) is 5.69 Å². The van der Waals surface area contributed by atoms with Crippen LogP contribution in [-0.4, -0.2) is 4.92 Å². The molecule has 3 nitrogen and oxygen atoms in total. The molecule has 0 unspecified atom stereocenters. The van der Waals surface area contributed by atoms with Gasteiger partial charge in [0.1, 0.15) is 0 Å². The first-order valence-electron chi connectivity index (χ1n) is 3.16. The molecule has 64 valence electrons. The molecule has 1 aromatic rings. The maximum absolute atomic E-state index is 10.5. The lowest BCUT2D eigenvalue weighted by Gasteiger charge is -2.00. The van der Waals surface area contributed by atoms with E-state index in [4.69, 9.17) is 0 Å². The van der Waals surface area contributed by atoms with E-state index in [1.807, 2.05) is 0 Å². The molecule has 0 spiro atoms. The summed E-state index contributed by atoms with van der Waals surface area (Å²) in [7, 11) is 0. The first-order chi connectivity index (χ1) is 5.52. The smallest absolute Gasteiger partial charge is 0.258 e. The average molecular weight is 248 g/mol. The zero-order valence-electron chi connectivity index (χ0n) is 6.24. The molecule has 0 aliphatic heterocycles. The number of nitro benzene ring substituents is 1. The number of rotatable bonds is 1. The number of benzene rings is 1. The van der Waals surface area contributed by atoms with Gasteiger partial charge in [-0.3, -0.25) is 10.1 Å². The minimum Gasteiger partial charge on any atom is -0.258 e. The number of hydrogen-bond acceptors (Lipinski definition) is 3. The third kappa shape index (κ3) is 1.78. The number of nitro groups is 1. The Bertz CT molecular complexity index is 340. The maximum atomic E-state index is 10.5. The zero-order chi connectivity index (χ0) is 9.30. The lowest BCUT2D eigenvalue weighted by molar-refractivity contribution is -0.387. The van der Waals surface area contributed by atoms with Crippen LogP contribution in [0.3, 0.4) is 0 Å². The van der Waals surface area contributed by atoms with Crippen LogP contribution in [0.25, 0.3) is 0 Å². The molecule has 1 aromatic carbocycles. The van der Waals surface area contributed by atoms with Gasteiger partial charge in [-0.1, -0.05) is 15.9 Å². The van der Waals surface area contributed by atoms with Gasteiger partial charge < -0.3 is 0 Å². The second kappa shape index (κ2) is 3.45. The molecule has 0 fully saturated rings. The lowest BCUT2D eigenvalue weighted by Crippen LogP contribution is -1.91. The van der Waals surface area contributed by atoms with Gasteiger partial charge in [0, 0.05) is 10.5 Å². The Morgan fingerprint density at radius 1 is 1.58 bits per heavy atom. The number of halogens is 1. The Labute approximate surface area is 83.5 Å². The predicted molar refractivity (Wildman–Crippen MR) is 52.8 cm³/mol. The van der Waals surface area contributed by atoms with Gasteiger partial charge in [-0.05, 0) is 18.6 Å². The molecule has 0 saturated carbocycles. The second-order valence-corrected chi connectivity index (χ2v) is 3.71. The summed E-state index contributed by atoms with van der Waals surface area (Å²) in [5.41, 5.74) is 0.824. The SMILES string of the molecule is Cc1cc(Br)cc([N+](=O)[O-])c1S. The molecular weight excluding hydrogens is 242 g/mol. The summed E-state index contributed by atoms with van der Waals surface area (Å²) < 4.78 is 0.699. The summed E-state index contributed by atoms with van der Waals surface area (Å²) in [6.45, 7) is 1.78. The van der Waals surface area contributed by atoms with E-state index >= 15 is 0 Å². The van der Waals surface area contributed by atoms with E-state index in [0.717, 1.165) is 5.56 Å². The van der Waals surface area contributed by atoms with Gasteiger partial charge in [0.25, 0.3) is 5.69 Å². The molecule has 0 bridgehead atoms. The van der Waals surface area contributed by atoms with E-state index in [2.05, 4.69) is 28.6 Å². The molecule has 0 heterocycles. The Hall–Kier alpha value is -0.550. The van der Waals surface area contributed by atoms with E-state index in [1.165, 1.54) is 6.07 Å².